The Hall–Kier alpha value is -2.39. The van der Waals surface area contributed by atoms with Gasteiger partial charge in [-0.25, -0.2) is 4.79 Å². The van der Waals surface area contributed by atoms with Gasteiger partial charge in [-0.2, -0.15) is 0 Å². The molecule has 1 aromatic carbocycles. The lowest BCUT2D eigenvalue weighted by molar-refractivity contribution is -0.384. The normalized spacial score (nSPS) is 11.0. The summed E-state index contributed by atoms with van der Waals surface area (Å²) in [6, 6.07) is 4.25. The molecule has 0 aromatic heterocycles. The number of carbonyl (C=O) groups is 2. The fraction of sp³-hybridized carbons (Fsp3) is 0.385. The first-order valence-corrected chi connectivity index (χ1v) is 6.59. The average Bonchev–Trinajstić information content (AvgIpc) is 2.49. The number of hydrogen-bond acceptors (Lipinski definition) is 6. The second-order valence-corrected chi connectivity index (χ2v) is 4.57. The number of nitro groups is 1. The summed E-state index contributed by atoms with van der Waals surface area (Å²) in [5.74, 6) is -0.572. The molecule has 2 amide bonds. The van der Waals surface area contributed by atoms with E-state index in [1.54, 1.807) is 0 Å². The number of esters is 1. The summed E-state index contributed by atoms with van der Waals surface area (Å²) in [5, 5.41) is 12.9. The number of nitrogens with one attached hydrogen (secondary N) is 1. The largest absolute Gasteiger partial charge is 0.460 e. The van der Waals surface area contributed by atoms with E-state index in [-0.39, 0.29) is 24.7 Å². The highest BCUT2D eigenvalue weighted by Crippen LogP contribution is 2.12. The second kappa shape index (κ2) is 10.4. The molecule has 128 valence electrons. The van der Waals surface area contributed by atoms with Gasteiger partial charge in [0.2, 0.25) is 0 Å². The van der Waals surface area contributed by atoms with Crippen molar-refractivity contribution in [2.75, 3.05) is 6.54 Å². The lowest BCUT2D eigenvalue weighted by atomic mass is 10.1. The highest BCUT2D eigenvalue weighted by atomic mass is 35.5. The van der Waals surface area contributed by atoms with Gasteiger partial charge in [0.1, 0.15) is 12.6 Å². The van der Waals surface area contributed by atoms with Gasteiger partial charge in [0.05, 0.1) is 4.92 Å². The van der Waals surface area contributed by atoms with Gasteiger partial charge in [-0.05, 0) is 30.5 Å². The average molecular weight is 347 g/mol. The van der Waals surface area contributed by atoms with E-state index >= 15 is 0 Å². The molecule has 0 aliphatic heterocycles. The number of nitro benzene ring substituents is 1. The van der Waals surface area contributed by atoms with Crippen LogP contribution in [-0.4, -0.2) is 29.5 Å². The summed E-state index contributed by atoms with van der Waals surface area (Å²) < 4.78 is 5.02. The molecular formula is C13H19ClN4O5. The molecule has 0 saturated carbocycles. The van der Waals surface area contributed by atoms with Crippen molar-refractivity contribution in [1.29, 1.82) is 0 Å². The van der Waals surface area contributed by atoms with Crippen LogP contribution in [0.2, 0.25) is 0 Å². The zero-order chi connectivity index (χ0) is 16.5. The summed E-state index contributed by atoms with van der Waals surface area (Å²) in [4.78, 5) is 32.1. The summed E-state index contributed by atoms with van der Waals surface area (Å²) in [6.45, 7) is 0.322. The van der Waals surface area contributed by atoms with Gasteiger partial charge in [-0.15, -0.1) is 12.4 Å². The molecule has 5 N–H and O–H groups in total. The number of urea groups is 1. The van der Waals surface area contributed by atoms with E-state index in [1.807, 2.05) is 0 Å². The monoisotopic (exact) mass is 346 g/mol. The number of nitrogens with two attached hydrogens (primary N) is 2. The molecule has 1 rings (SSSR count). The Bertz CT molecular complexity index is 538. The van der Waals surface area contributed by atoms with Crippen molar-refractivity contribution in [1.82, 2.24) is 5.32 Å². The summed E-state index contributed by atoms with van der Waals surface area (Å²) in [7, 11) is 0. The summed E-state index contributed by atoms with van der Waals surface area (Å²) in [5.41, 5.74) is 11.1. The van der Waals surface area contributed by atoms with Crippen molar-refractivity contribution in [2.24, 2.45) is 11.5 Å². The Morgan fingerprint density at radius 2 is 1.91 bits per heavy atom. The predicted octanol–water partition coefficient (Wildman–Crippen LogP) is 0.836. The topological polar surface area (TPSA) is 151 Å². The van der Waals surface area contributed by atoms with Crippen LogP contribution in [0.4, 0.5) is 10.5 Å². The zero-order valence-corrected chi connectivity index (χ0v) is 13.1. The number of carbonyl (C=O) groups excluding carboxylic acids is 2. The van der Waals surface area contributed by atoms with Crippen LogP contribution >= 0.6 is 12.4 Å². The van der Waals surface area contributed by atoms with Crippen molar-refractivity contribution < 1.29 is 19.2 Å². The Labute approximate surface area is 138 Å². The molecule has 0 unspecified atom stereocenters. The Morgan fingerprint density at radius 3 is 2.43 bits per heavy atom. The van der Waals surface area contributed by atoms with Crippen LogP contribution in [0.25, 0.3) is 0 Å². The highest BCUT2D eigenvalue weighted by Gasteiger charge is 2.15. The van der Waals surface area contributed by atoms with Crippen molar-refractivity contribution in [3.63, 3.8) is 0 Å². The quantitative estimate of drug-likeness (QED) is 0.274. The minimum Gasteiger partial charge on any atom is -0.460 e. The molecule has 10 heteroatoms. The van der Waals surface area contributed by atoms with Gasteiger partial charge < -0.3 is 21.5 Å². The van der Waals surface area contributed by atoms with Gasteiger partial charge in [0, 0.05) is 18.7 Å². The molecule has 9 nitrogen and oxygen atoms in total. The van der Waals surface area contributed by atoms with Crippen LogP contribution in [-0.2, 0) is 16.1 Å². The number of amides is 2. The number of rotatable bonds is 8. The van der Waals surface area contributed by atoms with Gasteiger partial charge >= 0.3 is 12.0 Å². The highest BCUT2D eigenvalue weighted by molar-refractivity contribution is 5.85. The van der Waals surface area contributed by atoms with Crippen LogP contribution in [0, 0.1) is 10.1 Å². The van der Waals surface area contributed by atoms with E-state index in [0.29, 0.717) is 24.9 Å². The third kappa shape index (κ3) is 7.98. The molecular weight excluding hydrogens is 328 g/mol. The van der Waals surface area contributed by atoms with Gasteiger partial charge in [0.25, 0.3) is 5.69 Å². The van der Waals surface area contributed by atoms with Crippen molar-refractivity contribution in [2.45, 2.75) is 25.5 Å². The number of ether oxygens (including phenoxy) is 1. The number of benzene rings is 1. The van der Waals surface area contributed by atoms with Crippen LogP contribution in [0.1, 0.15) is 18.4 Å². The van der Waals surface area contributed by atoms with E-state index in [4.69, 9.17) is 16.2 Å². The minimum absolute atomic E-state index is 0. The standard InChI is InChI=1S/C13H18N4O5.ClH/c14-11(2-1-7-16-13(15)19)12(18)22-8-9-3-5-10(6-4-9)17(20)21;/h3-6,11H,1-2,7-8,14H2,(H3,15,16,19);1H/t11-;/m0./s1. The first-order chi connectivity index (χ1) is 10.4. The molecule has 23 heavy (non-hydrogen) atoms. The maximum absolute atomic E-state index is 11.7. The van der Waals surface area contributed by atoms with Crippen molar-refractivity contribution in [3.05, 3.63) is 39.9 Å². The lowest BCUT2D eigenvalue weighted by Gasteiger charge is -2.11. The van der Waals surface area contributed by atoms with Gasteiger partial charge in [0.15, 0.2) is 0 Å². The molecule has 0 spiro atoms. The lowest BCUT2D eigenvalue weighted by Crippen LogP contribution is -2.34. The minimum atomic E-state index is -0.798. The smallest absolute Gasteiger partial charge is 0.323 e. The number of halogens is 1. The summed E-state index contributed by atoms with van der Waals surface area (Å²) >= 11 is 0. The second-order valence-electron chi connectivity index (χ2n) is 4.57. The van der Waals surface area contributed by atoms with E-state index in [2.05, 4.69) is 5.32 Å². The Balaban J connectivity index is 0.00000484. The molecule has 0 heterocycles. The molecule has 0 fully saturated rings. The first-order valence-electron chi connectivity index (χ1n) is 6.59. The van der Waals surface area contributed by atoms with Crippen LogP contribution < -0.4 is 16.8 Å². The molecule has 0 aliphatic rings. The Kier molecular flexibility index (Phi) is 9.28. The zero-order valence-electron chi connectivity index (χ0n) is 12.3. The molecule has 0 aliphatic carbocycles. The van der Waals surface area contributed by atoms with Crippen LogP contribution in [0.15, 0.2) is 24.3 Å². The van der Waals surface area contributed by atoms with E-state index in [9.17, 15) is 19.7 Å². The molecule has 1 atom stereocenters. The molecule has 0 radical (unpaired) electrons. The van der Waals surface area contributed by atoms with E-state index in [0.717, 1.165) is 0 Å². The van der Waals surface area contributed by atoms with Gasteiger partial charge in [-0.3, -0.25) is 14.9 Å². The number of non-ortho nitro benzene ring substituents is 1. The molecule has 1 aromatic rings. The van der Waals surface area contributed by atoms with E-state index in [1.165, 1.54) is 24.3 Å². The number of nitrogens with zero attached hydrogens (tertiary/aromatic N) is 1. The van der Waals surface area contributed by atoms with Crippen LogP contribution in [0.5, 0.6) is 0 Å². The van der Waals surface area contributed by atoms with Gasteiger partial charge in [-0.1, -0.05) is 0 Å². The predicted molar refractivity (Wildman–Crippen MR) is 84.9 cm³/mol. The Morgan fingerprint density at radius 1 is 1.30 bits per heavy atom. The maximum atomic E-state index is 11.7. The van der Waals surface area contributed by atoms with Crippen molar-refractivity contribution >= 4 is 30.1 Å². The third-order valence-corrected chi connectivity index (χ3v) is 2.82. The fourth-order valence-electron chi connectivity index (χ4n) is 1.63. The fourth-order valence-corrected chi connectivity index (χ4v) is 1.63. The third-order valence-electron chi connectivity index (χ3n) is 2.82. The number of hydrogen-bond donors (Lipinski definition) is 3. The van der Waals surface area contributed by atoms with E-state index < -0.39 is 23.0 Å². The number of primary amides is 1. The SMILES string of the molecule is Cl.NC(=O)NCCC[C@H](N)C(=O)OCc1ccc([N+](=O)[O-])cc1. The van der Waals surface area contributed by atoms with Crippen molar-refractivity contribution in [3.8, 4) is 0 Å². The van der Waals surface area contributed by atoms with Crippen LogP contribution in [0.3, 0.4) is 0 Å². The maximum Gasteiger partial charge on any atom is 0.323 e. The molecule has 0 saturated heterocycles. The first kappa shape index (κ1) is 20.6. The summed E-state index contributed by atoms with van der Waals surface area (Å²) in [6.07, 6.45) is 0.843. The molecule has 0 bridgehead atoms.